The highest BCUT2D eigenvalue weighted by molar-refractivity contribution is 9.10. The van der Waals surface area contributed by atoms with Crippen molar-refractivity contribution < 1.29 is 9.53 Å². The van der Waals surface area contributed by atoms with Crippen LogP contribution in [0.4, 0.5) is 0 Å². The first kappa shape index (κ1) is 11.4. The molecule has 0 fully saturated rings. The van der Waals surface area contributed by atoms with Gasteiger partial charge in [0, 0.05) is 17.8 Å². The number of primary amides is 1. The number of amides is 1. The van der Waals surface area contributed by atoms with Crippen molar-refractivity contribution in [3.05, 3.63) is 28.0 Å². The lowest BCUT2D eigenvalue weighted by molar-refractivity contribution is 0.0992. The molecule has 1 atom stereocenters. The SMILES string of the molecule is COC(Cl)c1ncc(Br)cc1C(N)=O. The maximum absolute atomic E-state index is 11.0. The Morgan fingerprint density at radius 1 is 1.79 bits per heavy atom. The molecule has 1 aromatic rings. The molecular weight excluding hydrogens is 271 g/mol. The molecule has 76 valence electrons. The number of carbonyl (C=O) groups is 1. The lowest BCUT2D eigenvalue weighted by atomic mass is 10.2. The van der Waals surface area contributed by atoms with E-state index in [1.54, 1.807) is 6.07 Å². The largest absolute Gasteiger partial charge is 0.366 e. The normalized spacial score (nSPS) is 12.5. The van der Waals surface area contributed by atoms with Crippen molar-refractivity contribution in [1.82, 2.24) is 4.98 Å². The van der Waals surface area contributed by atoms with E-state index in [4.69, 9.17) is 22.1 Å². The van der Waals surface area contributed by atoms with Gasteiger partial charge in [-0.25, -0.2) is 0 Å². The van der Waals surface area contributed by atoms with E-state index in [0.717, 1.165) is 0 Å². The molecule has 14 heavy (non-hydrogen) atoms. The number of aromatic nitrogens is 1. The van der Waals surface area contributed by atoms with Crippen LogP contribution in [0, 0.1) is 0 Å². The number of halogens is 2. The van der Waals surface area contributed by atoms with E-state index in [2.05, 4.69) is 20.9 Å². The van der Waals surface area contributed by atoms with Crippen molar-refractivity contribution in [2.24, 2.45) is 5.73 Å². The monoisotopic (exact) mass is 278 g/mol. The molecule has 0 aliphatic carbocycles. The predicted molar refractivity (Wildman–Crippen MR) is 56.1 cm³/mol. The number of rotatable bonds is 3. The lowest BCUT2D eigenvalue weighted by Crippen LogP contribution is -2.16. The van der Waals surface area contributed by atoms with Gasteiger partial charge in [0.1, 0.15) is 0 Å². The minimum Gasteiger partial charge on any atom is -0.366 e. The highest BCUT2D eigenvalue weighted by Crippen LogP contribution is 2.24. The number of alkyl halides is 1. The standard InChI is InChI=1S/C8H8BrClN2O2/c1-14-7(10)6-5(8(11)13)2-4(9)3-12-6/h2-3,7H,1H3,(H2,11,13). The molecule has 0 saturated carbocycles. The summed E-state index contributed by atoms with van der Waals surface area (Å²) < 4.78 is 5.51. The Bertz CT molecular complexity index is 359. The van der Waals surface area contributed by atoms with Gasteiger partial charge < -0.3 is 10.5 Å². The van der Waals surface area contributed by atoms with Gasteiger partial charge in [0.05, 0.1) is 11.3 Å². The van der Waals surface area contributed by atoms with Gasteiger partial charge in [0.2, 0.25) is 0 Å². The molecule has 0 aliphatic heterocycles. The van der Waals surface area contributed by atoms with Crippen molar-refractivity contribution >= 4 is 33.4 Å². The highest BCUT2D eigenvalue weighted by Gasteiger charge is 2.17. The summed E-state index contributed by atoms with van der Waals surface area (Å²) in [6.07, 6.45) is 1.52. The van der Waals surface area contributed by atoms with E-state index >= 15 is 0 Å². The molecule has 0 spiro atoms. The van der Waals surface area contributed by atoms with E-state index in [1.807, 2.05) is 0 Å². The maximum Gasteiger partial charge on any atom is 0.250 e. The first-order valence-corrected chi connectivity index (χ1v) is 4.91. The second-order valence-corrected chi connectivity index (χ2v) is 3.81. The Hall–Kier alpha value is -0.650. The van der Waals surface area contributed by atoms with E-state index < -0.39 is 11.5 Å². The van der Waals surface area contributed by atoms with Gasteiger partial charge in [-0.1, -0.05) is 11.6 Å². The van der Waals surface area contributed by atoms with Crippen LogP contribution in [0.1, 0.15) is 21.6 Å². The van der Waals surface area contributed by atoms with Crippen molar-refractivity contribution in [2.45, 2.75) is 5.56 Å². The van der Waals surface area contributed by atoms with Gasteiger partial charge in [-0.15, -0.1) is 0 Å². The van der Waals surface area contributed by atoms with Crippen LogP contribution in [-0.2, 0) is 4.74 Å². The highest BCUT2D eigenvalue weighted by atomic mass is 79.9. The van der Waals surface area contributed by atoms with Gasteiger partial charge in [0.25, 0.3) is 5.91 Å². The summed E-state index contributed by atoms with van der Waals surface area (Å²) in [5.41, 5.74) is 4.96. The van der Waals surface area contributed by atoms with E-state index in [-0.39, 0.29) is 5.56 Å². The lowest BCUT2D eigenvalue weighted by Gasteiger charge is -2.10. The fourth-order valence-electron chi connectivity index (χ4n) is 0.940. The number of carbonyl (C=O) groups excluding carboxylic acids is 1. The van der Waals surface area contributed by atoms with Crippen LogP contribution in [-0.4, -0.2) is 18.0 Å². The minimum absolute atomic E-state index is 0.251. The number of pyridine rings is 1. The molecule has 1 amide bonds. The zero-order valence-electron chi connectivity index (χ0n) is 7.33. The fraction of sp³-hybridized carbons (Fsp3) is 0.250. The number of nitrogens with two attached hydrogens (primary N) is 1. The summed E-state index contributed by atoms with van der Waals surface area (Å²) in [4.78, 5) is 15.0. The van der Waals surface area contributed by atoms with Crippen LogP contribution in [0.2, 0.25) is 0 Å². The quantitative estimate of drug-likeness (QED) is 0.859. The van der Waals surface area contributed by atoms with Gasteiger partial charge in [0.15, 0.2) is 5.56 Å². The first-order chi connectivity index (χ1) is 6.56. The van der Waals surface area contributed by atoms with Crippen LogP contribution in [0.25, 0.3) is 0 Å². The predicted octanol–water partition coefficient (Wildman–Crippen LogP) is 1.83. The molecule has 4 nitrogen and oxygen atoms in total. The first-order valence-electron chi connectivity index (χ1n) is 3.68. The molecule has 6 heteroatoms. The Morgan fingerprint density at radius 3 is 2.93 bits per heavy atom. The number of nitrogens with zero attached hydrogens (tertiary/aromatic N) is 1. The summed E-state index contributed by atoms with van der Waals surface area (Å²) in [6.45, 7) is 0. The molecule has 2 N–H and O–H groups in total. The number of hydrogen-bond donors (Lipinski definition) is 1. The van der Waals surface area contributed by atoms with Crippen molar-refractivity contribution in [3.63, 3.8) is 0 Å². The Balaban J connectivity index is 3.21. The molecule has 0 saturated heterocycles. The zero-order valence-corrected chi connectivity index (χ0v) is 9.67. The van der Waals surface area contributed by atoms with Gasteiger partial charge in [-0.3, -0.25) is 9.78 Å². The van der Waals surface area contributed by atoms with Crippen molar-refractivity contribution in [3.8, 4) is 0 Å². The van der Waals surface area contributed by atoms with Crippen LogP contribution in [0.5, 0.6) is 0 Å². The fourth-order valence-corrected chi connectivity index (χ4v) is 1.44. The Kier molecular flexibility index (Phi) is 3.86. The average Bonchev–Trinajstić information content (AvgIpc) is 2.16. The third-order valence-corrected chi connectivity index (χ3v) is 2.39. The second kappa shape index (κ2) is 4.72. The summed E-state index contributed by atoms with van der Waals surface area (Å²) in [5, 5.41) is 0. The number of ether oxygens (including phenoxy) is 1. The van der Waals surface area contributed by atoms with Crippen LogP contribution in [0.3, 0.4) is 0 Å². The molecule has 1 unspecified atom stereocenters. The number of methoxy groups -OCH3 is 1. The van der Waals surface area contributed by atoms with E-state index in [9.17, 15) is 4.79 Å². The van der Waals surface area contributed by atoms with Crippen LogP contribution < -0.4 is 5.73 Å². The van der Waals surface area contributed by atoms with E-state index in [1.165, 1.54) is 13.3 Å². The maximum atomic E-state index is 11.0. The smallest absolute Gasteiger partial charge is 0.250 e. The van der Waals surface area contributed by atoms with Gasteiger partial charge in [-0.05, 0) is 22.0 Å². The van der Waals surface area contributed by atoms with Crippen LogP contribution in [0.15, 0.2) is 16.7 Å². The van der Waals surface area contributed by atoms with Gasteiger partial charge >= 0.3 is 0 Å². The summed E-state index contributed by atoms with van der Waals surface area (Å²) >= 11 is 8.97. The molecule has 1 rings (SSSR count). The summed E-state index contributed by atoms with van der Waals surface area (Å²) in [7, 11) is 1.42. The van der Waals surface area contributed by atoms with Crippen molar-refractivity contribution in [1.29, 1.82) is 0 Å². The molecule has 1 heterocycles. The minimum atomic E-state index is -0.773. The molecular formula is C8H8BrClN2O2. The zero-order chi connectivity index (χ0) is 10.7. The topological polar surface area (TPSA) is 65.2 Å². The third-order valence-electron chi connectivity index (χ3n) is 1.57. The summed E-state index contributed by atoms with van der Waals surface area (Å²) in [6, 6.07) is 1.55. The molecule has 0 aromatic carbocycles. The molecule has 0 bridgehead atoms. The number of hydrogen-bond acceptors (Lipinski definition) is 3. The molecule has 1 aromatic heterocycles. The van der Waals surface area contributed by atoms with Gasteiger partial charge in [-0.2, -0.15) is 0 Å². The average molecular weight is 280 g/mol. The van der Waals surface area contributed by atoms with Crippen LogP contribution >= 0.6 is 27.5 Å². The third kappa shape index (κ3) is 2.43. The summed E-state index contributed by atoms with van der Waals surface area (Å²) in [5.74, 6) is -0.587. The van der Waals surface area contributed by atoms with Crippen molar-refractivity contribution in [2.75, 3.05) is 7.11 Å². The molecule has 0 radical (unpaired) electrons. The van der Waals surface area contributed by atoms with E-state index in [0.29, 0.717) is 10.2 Å². The molecule has 0 aliphatic rings. The second-order valence-electron chi connectivity index (χ2n) is 2.50. The Morgan fingerprint density at radius 2 is 2.43 bits per heavy atom. The Labute approximate surface area is 94.5 Å².